The van der Waals surface area contributed by atoms with Crippen molar-refractivity contribution in [3.8, 4) is 11.1 Å². The minimum absolute atomic E-state index is 0.0483. The fraction of sp³-hybridized carbons (Fsp3) is 0.0227. The molecule has 0 spiro atoms. The van der Waals surface area contributed by atoms with Gasteiger partial charge in [0, 0.05) is 68.3 Å². The number of fused-ring (bicyclic) bond motifs is 9. The van der Waals surface area contributed by atoms with Crippen LogP contribution in [0.3, 0.4) is 0 Å². The van der Waals surface area contributed by atoms with E-state index in [4.69, 9.17) is 4.42 Å². The zero-order valence-corrected chi connectivity index (χ0v) is 27.8. The van der Waals surface area contributed by atoms with Gasteiger partial charge in [-0.1, -0.05) is 97.1 Å². The van der Waals surface area contributed by atoms with Crippen LogP contribution in [0.2, 0.25) is 0 Å². The van der Waals surface area contributed by atoms with Crippen LogP contribution in [0, 0.1) is 0 Å². The molecule has 0 fully saturated rings. The number of rotatable bonds is 4. The van der Waals surface area contributed by atoms with E-state index in [1.54, 1.807) is 0 Å². The second-order valence-electron chi connectivity index (χ2n) is 12.7. The third kappa shape index (κ3) is 3.97. The Morgan fingerprint density at radius 3 is 1.96 bits per heavy atom. The number of nitrogens with zero attached hydrogens (tertiary/aromatic N) is 1. The van der Waals surface area contributed by atoms with E-state index in [1.165, 1.54) is 62.7 Å². The summed E-state index contributed by atoms with van der Waals surface area (Å²) < 4.78 is 14.1. The molecule has 1 unspecified atom stereocenters. The van der Waals surface area contributed by atoms with Gasteiger partial charge in [-0.2, -0.15) is 4.58 Å². The monoisotopic (exact) mass is 663 g/mol. The molecule has 5 heteroatoms. The number of hydrogen-bond acceptors (Lipinski definition) is 4. The molecule has 0 aliphatic carbocycles. The Kier molecular flexibility index (Phi) is 5.76. The number of benzene rings is 7. The Morgan fingerprint density at radius 1 is 0.510 bits per heavy atom. The Bertz CT molecular complexity index is 2980. The molecule has 7 aromatic carbocycles. The van der Waals surface area contributed by atoms with Gasteiger partial charge in [-0.15, -0.1) is 22.7 Å². The summed E-state index contributed by atoms with van der Waals surface area (Å²) >= 11 is 3.79. The van der Waals surface area contributed by atoms with Crippen LogP contribution in [-0.4, -0.2) is 10.4 Å². The van der Waals surface area contributed by atoms with E-state index in [0.717, 1.165) is 33.3 Å². The average Bonchev–Trinajstić information content (AvgIpc) is 3.83. The molecule has 3 aromatic heterocycles. The van der Waals surface area contributed by atoms with E-state index >= 15 is 0 Å². The van der Waals surface area contributed by atoms with E-state index in [9.17, 15) is 0 Å². The summed E-state index contributed by atoms with van der Waals surface area (Å²) in [6.45, 7) is 0. The van der Waals surface area contributed by atoms with Gasteiger partial charge in [0.05, 0.1) is 11.1 Å². The average molecular weight is 664 g/mol. The van der Waals surface area contributed by atoms with Crippen molar-refractivity contribution in [3.05, 3.63) is 163 Å². The highest BCUT2D eigenvalue weighted by Gasteiger charge is 2.42. The summed E-state index contributed by atoms with van der Waals surface area (Å²) in [5, 5.41) is 11.4. The first kappa shape index (κ1) is 27.2. The normalized spacial score (nSPS) is 14.8. The molecule has 1 aliphatic heterocycles. The molecule has 0 bridgehead atoms. The van der Waals surface area contributed by atoms with Gasteiger partial charge in [-0.05, 0) is 48.5 Å². The SMILES string of the molecule is c1ccc(C2=[N+](c3ccc4c(c3)sc3c(-c5cccc6c5sc5ccccc56)cccc34)C(c3cccc4oc5ccccc5c34)N2)cc1. The van der Waals surface area contributed by atoms with E-state index in [2.05, 4.69) is 155 Å². The summed E-state index contributed by atoms with van der Waals surface area (Å²) in [6.07, 6.45) is -0.0483. The molecule has 10 aromatic rings. The van der Waals surface area contributed by atoms with E-state index in [0.29, 0.717) is 0 Å². The zero-order valence-electron chi connectivity index (χ0n) is 26.2. The molecular weight excluding hydrogens is 637 g/mol. The van der Waals surface area contributed by atoms with E-state index < -0.39 is 0 Å². The highest BCUT2D eigenvalue weighted by Crippen LogP contribution is 2.46. The molecule has 0 saturated heterocycles. The van der Waals surface area contributed by atoms with Crippen molar-refractivity contribution in [2.75, 3.05) is 0 Å². The number of hydrogen-bond donors (Lipinski definition) is 1. The lowest BCUT2D eigenvalue weighted by molar-refractivity contribution is -0.530. The second-order valence-corrected chi connectivity index (χ2v) is 14.8. The Hall–Kier alpha value is -5.75. The summed E-state index contributed by atoms with van der Waals surface area (Å²) in [5.41, 5.74) is 7.97. The Morgan fingerprint density at radius 2 is 1.14 bits per heavy atom. The predicted molar refractivity (Wildman–Crippen MR) is 208 cm³/mol. The molecule has 1 atom stereocenters. The van der Waals surface area contributed by atoms with Crippen LogP contribution < -0.4 is 5.32 Å². The van der Waals surface area contributed by atoms with Crippen molar-refractivity contribution in [2.24, 2.45) is 0 Å². The van der Waals surface area contributed by atoms with Crippen molar-refractivity contribution < 1.29 is 8.99 Å². The van der Waals surface area contributed by atoms with Crippen molar-refractivity contribution >= 4 is 96.5 Å². The molecule has 4 heterocycles. The summed E-state index contributed by atoms with van der Waals surface area (Å²) in [6, 6.07) is 54.7. The van der Waals surface area contributed by atoms with Gasteiger partial charge in [-0.3, -0.25) is 0 Å². The standard InChI is InChI=1S/C44H26N2OS2/c1-2-11-26(12-3-1)43-45-44(35-19-10-21-37-40(35)34-14-4-6-20-36(34)47-37)46(43)27-23-24-29-31-16-9-18-33(42(31)49-39(29)25-27)32-17-8-15-30-28-13-5-7-22-38(28)48-41(30)32/h1-25,44H/p+1. The smallest absolute Gasteiger partial charge is 0.289 e. The van der Waals surface area contributed by atoms with Crippen LogP contribution >= 0.6 is 22.7 Å². The lowest BCUT2D eigenvalue weighted by Gasteiger charge is -2.29. The molecule has 49 heavy (non-hydrogen) atoms. The zero-order chi connectivity index (χ0) is 32.1. The molecule has 0 radical (unpaired) electrons. The van der Waals surface area contributed by atoms with Crippen LogP contribution in [0.1, 0.15) is 17.3 Å². The molecular formula is C44H27N2OS2+. The first-order valence-electron chi connectivity index (χ1n) is 16.5. The largest absolute Gasteiger partial charge is 0.456 e. The van der Waals surface area contributed by atoms with Gasteiger partial charge < -0.3 is 4.42 Å². The van der Waals surface area contributed by atoms with Gasteiger partial charge in [0.1, 0.15) is 16.9 Å². The van der Waals surface area contributed by atoms with Crippen molar-refractivity contribution in [2.45, 2.75) is 6.17 Å². The van der Waals surface area contributed by atoms with Gasteiger partial charge in [0.25, 0.3) is 12.0 Å². The number of furan rings is 1. The predicted octanol–water partition coefficient (Wildman–Crippen LogP) is 12.4. The fourth-order valence-corrected chi connectivity index (χ4v) is 10.3. The highest BCUT2D eigenvalue weighted by atomic mass is 32.1. The molecule has 11 rings (SSSR count). The lowest BCUT2D eigenvalue weighted by atomic mass is 9.99. The minimum Gasteiger partial charge on any atom is -0.456 e. The second kappa shape index (κ2) is 10.4. The summed E-state index contributed by atoms with van der Waals surface area (Å²) in [4.78, 5) is 0. The van der Waals surface area contributed by atoms with Gasteiger partial charge in [0.15, 0.2) is 0 Å². The number of para-hydroxylation sites is 1. The maximum atomic E-state index is 6.30. The first-order chi connectivity index (χ1) is 24.3. The van der Waals surface area contributed by atoms with Crippen molar-refractivity contribution in [1.82, 2.24) is 5.32 Å². The third-order valence-corrected chi connectivity index (χ3v) is 12.4. The minimum atomic E-state index is -0.0483. The van der Waals surface area contributed by atoms with Crippen molar-refractivity contribution in [3.63, 3.8) is 0 Å². The van der Waals surface area contributed by atoms with Crippen LogP contribution in [-0.2, 0) is 0 Å². The molecule has 3 nitrogen and oxygen atoms in total. The first-order valence-corrected chi connectivity index (χ1v) is 18.2. The number of nitrogens with one attached hydrogen (secondary N) is 1. The molecule has 1 N–H and O–H groups in total. The summed E-state index contributed by atoms with van der Waals surface area (Å²) in [5.74, 6) is 1.10. The van der Waals surface area contributed by atoms with Gasteiger partial charge in [0.2, 0.25) is 0 Å². The number of amidine groups is 1. The Balaban J connectivity index is 1.10. The summed E-state index contributed by atoms with van der Waals surface area (Å²) in [7, 11) is 0. The third-order valence-electron chi connectivity index (χ3n) is 10.0. The topological polar surface area (TPSA) is 28.2 Å². The van der Waals surface area contributed by atoms with Crippen LogP contribution in [0.5, 0.6) is 0 Å². The van der Waals surface area contributed by atoms with Gasteiger partial charge in [-0.25, -0.2) is 5.32 Å². The van der Waals surface area contributed by atoms with E-state index in [-0.39, 0.29) is 6.17 Å². The molecule has 0 saturated carbocycles. The fourth-order valence-electron chi connectivity index (χ4n) is 7.78. The van der Waals surface area contributed by atoms with Crippen LogP contribution in [0.4, 0.5) is 5.69 Å². The molecule has 1 aliphatic rings. The lowest BCUT2D eigenvalue weighted by Crippen LogP contribution is -2.51. The molecule has 0 amide bonds. The number of thiophene rings is 2. The van der Waals surface area contributed by atoms with Gasteiger partial charge >= 0.3 is 0 Å². The Labute approximate surface area is 289 Å². The van der Waals surface area contributed by atoms with Crippen LogP contribution in [0.25, 0.3) is 73.4 Å². The molecule has 230 valence electrons. The highest BCUT2D eigenvalue weighted by molar-refractivity contribution is 7.27. The quantitative estimate of drug-likeness (QED) is 0.190. The van der Waals surface area contributed by atoms with Crippen LogP contribution in [0.15, 0.2) is 156 Å². The van der Waals surface area contributed by atoms with Crippen molar-refractivity contribution in [1.29, 1.82) is 0 Å². The van der Waals surface area contributed by atoms with E-state index in [1.807, 2.05) is 28.7 Å². The maximum Gasteiger partial charge on any atom is 0.289 e. The maximum absolute atomic E-state index is 6.30.